The highest BCUT2D eigenvalue weighted by molar-refractivity contribution is 6.07. The Kier molecular flexibility index (Phi) is 8.80. The average molecular weight is 579 g/mol. The Bertz CT molecular complexity index is 1750. The van der Waals surface area contributed by atoms with Gasteiger partial charge in [0, 0.05) is 43.2 Å². The molecule has 0 saturated heterocycles. The maximum absolute atomic E-state index is 13.3. The third-order valence-corrected chi connectivity index (χ3v) is 6.67. The van der Waals surface area contributed by atoms with E-state index in [1.807, 2.05) is 61.5 Å². The molecule has 0 fully saturated rings. The molecule has 5 rings (SSSR count). The van der Waals surface area contributed by atoms with Crippen LogP contribution in [0.15, 0.2) is 79.0 Å². The van der Waals surface area contributed by atoms with Gasteiger partial charge in [0.15, 0.2) is 0 Å². The van der Waals surface area contributed by atoms with E-state index in [1.54, 1.807) is 37.0 Å². The van der Waals surface area contributed by atoms with Crippen LogP contribution in [0.2, 0.25) is 0 Å². The number of anilines is 3. The summed E-state index contributed by atoms with van der Waals surface area (Å²) in [5, 5.41) is 14.9. The van der Waals surface area contributed by atoms with Crippen LogP contribution in [0.3, 0.4) is 0 Å². The number of benzene rings is 3. The average Bonchev–Trinajstić information content (AvgIpc) is 3.40. The van der Waals surface area contributed by atoms with Crippen molar-refractivity contribution >= 4 is 40.3 Å². The molecule has 5 aromatic rings. The lowest BCUT2D eigenvalue weighted by molar-refractivity contribution is 0.230. The van der Waals surface area contributed by atoms with E-state index in [1.165, 1.54) is 11.1 Å². The van der Waals surface area contributed by atoms with Crippen LogP contribution in [0.5, 0.6) is 11.6 Å². The number of rotatable bonds is 9. The number of amides is 4. The second kappa shape index (κ2) is 13.0. The second-order valence-corrected chi connectivity index (χ2v) is 10.3. The molecule has 0 aliphatic rings. The van der Waals surface area contributed by atoms with Crippen LogP contribution in [-0.4, -0.2) is 50.8 Å². The Labute approximate surface area is 249 Å². The van der Waals surface area contributed by atoms with Crippen molar-refractivity contribution in [1.29, 1.82) is 0 Å². The summed E-state index contributed by atoms with van der Waals surface area (Å²) in [5.41, 5.74) is 3.53. The molecule has 0 aliphatic heterocycles. The largest absolute Gasteiger partial charge is 0.438 e. The third-order valence-electron chi connectivity index (χ3n) is 6.67. The van der Waals surface area contributed by atoms with Gasteiger partial charge in [0.05, 0.1) is 17.1 Å². The first kappa shape index (κ1) is 29.1. The zero-order chi connectivity index (χ0) is 30.3. The number of nitrogens with zero attached hydrogens (tertiary/aromatic N) is 5. The fourth-order valence-electron chi connectivity index (χ4n) is 4.40. The van der Waals surface area contributed by atoms with Crippen LogP contribution in [0.1, 0.15) is 31.0 Å². The van der Waals surface area contributed by atoms with Crippen molar-refractivity contribution in [2.45, 2.75) is 33.1 Å². The summed E-state index contributed by atoms with van der Waals surface area (Å²) < 4.78 is 7.84. The summed E-state index contributed by atoms with van der Waals surface area (Å²) in [7, 11) is 3.25. The molecule has 43 heavy (non-hydrogen) atoms. The maximum atomic E-state index is 13.3. The van der Waals surface area contributed by atoms with Crippen molar-refractivity contribution in [3.63, 3.8) is 0 Å². The van der Waals surface area contributed by atoms with Crippen LogP contribution in [-0.2, 0) is 6.42 Å². The van der Waals surface area contributed by atoms with E-state index >= 15 is 0 Å². The molecule has 11 heteroatoms. The number of urea groups is 2. The molecule has 2 aromatic heterocycles. The van der Waals surface area contributed by atoms with Gasteiger partial charge >= 0.3 is 12.1 Å². The van der Waals surface area contributed by atoms with Crippen molar-refractivity contribution in [1.82, 2.24) is 24.6 Å². The monoisotopic (exact) mass is 578 g/mol. The first-order chi connectivity index (χ1) is 20.8. The molecule has 0 radical (unpaired) electrons. The summed E-state index contributed by atoms with van der Waals surface area (Å²) in [6, 6.07) is 21.9. The highest BCUT2D eigenvalue weighted by Gasteiger charge is 2.15. The van der Waals surface area contributed by atoms with Crippen molar-refractivity contribution in [3.8, 4) is 17.3 Å². The smallest absolute Gasteiger partial charge is 0.324 e. The minimum absolute atomic E-state index is 0.123. The first-order valence-electron chi connectivity index (χ1n) is 14.1. The highest BCUT2D eigenvalue weighted by Crippen LogP contribution is 2.34. The normalized spacial score (nSPS) is 10.8. The Morgan fingerprint density at radius 3 is 2.44 bits per heavy atom. The van der Waals surface area contributed by atoms with Crippen molar-refractivity contribution in [3.05, 3.63) is 90.3 Å². The van der Waals surface area contributed by atoms with Crippen molar-refractivity contribution in [2.75, 3.05) is 30.0 Å². The molecule has 3 aromatic carbocycles. The van der Waals surface area contributed by atoms with Gasteiger partial charge in [-0.2, -0.15) is 10.1 Å². The maximum Gasteiger partial charge on any atom is 0.324 e. The molecule has 4 amide bonds. The Morgan fingerprint density at radius 2 is 1.70 bits per heavy atom. The predicted molar refractivity (Wildman–Crippen MR) is 168 cm³/mol. The molecule has 0 unspecified atom stereocenters. The van der Waals surface area contributed by atoms with Gasteiger partial charge in [0.1, 0.15) is 11.6 Å². The van der Waals surface area contributed by atoms with Gasteiger partial charge in [-0.25, -0.2) is 19.3 Å². The van der Waals surface area contributed by atoms with Crippen molar-refractivity contribution < 1.29 is 14.3 Å². The fourth-order valence-corrected chi connectivity index (χ4v) is 4.40. The van der Waals surface area contributed by atoms with E-state index < -0.39 is 6.03 Å². The minimum Gasteiger partial charge on any atom is -0.438 e. The van der Waals surface area contributed by atoms with E-state index in [2.05, 4.69) is 32.8 Å². The zero-order valence-corrected chi connectivity index (χ0v) is 24.6. The van der Waals surface area contributed by atoms with Crippen molar-refractivity contribution in [2.24, 2.45) is 0 Å². The molecular formula is C32H34N8O3. The number of carbonyl (C=O) groups excluding carboxylic acids is 2. The molecule has 0 aliphatic carbocycles. The number of carbonyl (C=O) groups is 2. The Morgan fingerprint density at radius 1 is 0.930 bits per heavy atom. The van der Waals surface area contributed by atoms with Gasteiger partial charge in [0.25, 0.3) is 0 Å². The van der Waals surface area contributed by atoms with Crippen LogP contribution < -0.4 is 20.7 Å². The molecule has 220 valence electrons. The van der Waals surface area contributed by atoms with Crippen LogP contribution >= 0.6 is 0 Å². The summed E-state index contributed by atoms with van der Waals surface area (Å²) in [6.07, 6.45) is 4.40. The summed E-state index contributed by atoms with van der Waals surface area (Å²) in [6.45, 7) is 4.17. The summed E-state index contributed by atoms with van der Waals surface area (Å²) in [4.78, 5) is 35.0. The van der Waals surface area contributed by atoms with E-state index in [-0.39, 0.29) is 17.9 Å². The number of hydrogen-bond acceptors (Lipinski definition) is 6. The number of ether oxygens (including phenoxy) is 1. The Hall–Kier alpha value is -5.45. The van der Waals surface area contributed by atoms with Gasteiger partial charge in [0.2, 0.25) is 11.8 Å². The Balaban J connectivity index is 1.37. The van der Waals surface area contributed by atoms with Crippen LogP contribution in [0, 0.1) is 6.92 Å². The number of hydrogen-bond donors (Lipinski definition) is 3. The van der Waals surface area contributed by atoms with Gasteiger partial charge < -0.3 is 15.0 Å². The van der Waals surface area contributed by atoms with Gasteiger partial charge in [-0.1, -0.05) is 55.3 Å². The number of nitrogens with one attached hydrogen (secondary N) is 3. The quantitative estimate of drug-likeness (QED) is 0.173. The lowest BCUT2D eigenvalue weighted by Gasteiger charge is -2.14. The molecule has 0 spiro atoms. The van der Waals surface area contributed by atoms with E-state index in [0.717, 1.165) is 47.0 Å². The molecule has 0 bridgehead atoms. The van der Waals surface area contributed by atoms with Gasteiger partial charge in [-0.3, -0.25) is 10.6 Å². The second-order valence-electron chi connectivity index (χ2n) is 10.3. The standard InChI is InChI=1S/C32H34N8O3/c1-5-6-9-22-20-28(40(38-22)23-14-12-21(2)13-15-23)35-31(41)34-26-16-17-27(25-11-8-7-10-24(25)26)43-29-18-19-33-30(36-29)37-32(42)39(3)4/h7-8,10-20H,5-6,9H2,1-4H3,(H2,34,35,41)(H,33,36,37,42). The lowest BCUT2D eigenvalue weighted by atomic mass is 10.1. The highest BCUT2D eigenvalue weighted by atomic mass is 16.5. The molecule has 11 nitrogen and oxygen atoms in total. The summed E-state index contributed by atoms with van der Waals surface area (Å²) in [5.74, 6) is 1.50. The van der Waals surface area contributed by atoms with Gasteiger partial charge in [-0.05, 0) is 44.0 Å². The topological polar surface area (TPSA) is 126 Å². The first-order valence-corrected chi connectivity index (χ1v) is 14.1. The van der Waals surface area contributed by atoms with E-state index in [9.17, 15) is 9.59 Å². The summed E-state index contributed by atoms with van der Waals surface area (Å²) >= 11 is 0. The molecule has 3 N–H and O–H groups in total. The van der Waals surface area contributed by atoms with Gasteiger partial charge in [-0.15, -0.1) is 0 Å². The van der Waals surface area contributed by atoms with Crippen LogP contribution in [0.25, 0.3) is 16.5 Å². The third kappa shape index (κ3) is 7.07. The fraction of sp³-hybridized carbons (Fsp3) is 0.219. The number of unbranched alkanes of at least 4 members (excludes halogenated alkanes) is 1. The van der Waals surface area contributed by atoms with E-state index in [4.69, 9.17) is 9.84 Å². The number of fused-ring (bicyclic) bond motifs is 1. The molecular weight excluding hydrogens is 544 g/mol. The SMILES string of the molecule is CCCCc1cc(NC(=O)Nc2ccc(Oc3ccnc(NC(=O)N(C)C)n3)c3ccccc23)n(-c2ccc(C)cc2)n1. The molecule has 2 heterocycles. The predicted octanol–water partition coefficient (Wildman–Crippen LogP) is 7.00. The number of aryl methyl sites for hydroxylation is 2. The molecule has 0 saturated carbocycles. The lowest BCUT2D eigenvalue weighted by Crippen LogP contribution is -2.28. The van der Waals surface area contributed by atoms with Crippen LogP contribution in [0.4, 0.5) is 27.0 Å². The zero-order valence-electron chi connectivity index (χ0n) is 24.6. The van der Waals surface area contributed by atoms with E-state index in [0.29, 0.717) is 17.3 Å². The number of aromatic nitrogens is 4. The molecule has 0 atom stereocenters. The minimum atomic E-state index is -0.397.